The van der Waals surface area contributed by atoms with E-state index in [0.717, 1.165) is 25.1 Å². The molecule has 1 amide bonds. The van der Waals surface area contributed by atoms with E-state index in [-0.39, 0.29) is 18.6 Å². The summed E-state index contributed by atoms with van der Waals surface area (Å²) in [5.74, 6) is 0.924. The summed E-state index contributed by atoms with van der Waals surface area (Å²) in [4.78, 5) is 13.9. The molecule has 0 saturated carbocycles. The summed E-state index contributed by atoms with van der Waals surface area (Å²) < 4.78 is 10.9. The lowest BCUT2D eigenvalue weighted by Gasteiger charge is -2.24. The molecular weight excluding hydrogens is 242 g/mol. The van der Waals surface area contributed by atoms with E-state index >= 15 is 0 Å². The molecule has 0 aliphatic carbocycles. The molecule has 0 aromatic heterocycles. The average Bonchev–Trinajstić information content (AvgIpc) is 2.92. The van der Waals surface area contributed by atoms with E-state index < -0.39 is 0 Å². The van der Waals surface area contributed by atoms with E-state index in [9.17, 15) is 4.79 Å². The number of rotatable bonds is 6. The Hall–Kier alpha value is -1.55. The molecule has 4 heteroatoms. The quantitative estimate of drug-likeness (QED) is 0.789. The molecule has 0 unspecified atom stereocenters. The Bertz CT molecular complexity index is 394. The number of nitrogens with zero attached hydrogens (tertiary/aromatic N) is 1. The smallest absolute Gasteiger partial charge is 0.248 e. The number of carbonyl (C=O) groups excluding carboxylic acids is 1. The molecule has 1 aromatic carbocycles. The Labute approximate surface area is 114 Å². The predicted octanol–water partition coefficient (Wildman–Crippen LogP) is 2.09. The van der Waals surface area contributed by atoms with Crippen LogP contribution in [0.15, 0.2) is 30.3 Å². The summed E-state index contributed by atoms with van der Waals surface area (Å²) in [5.41, 5.74) is 0. The maximum absolute atomic E-state index is 12.0. The third-order valence-electron chi connectivity index (χ3n) is 3.31. The number of carbonyl (C=O) groups is 1. The summed E-state index contributed by atoms with van der Waals surface area (Å²) in [5, 5.41) is 0. The number of amides is 1. The highest BCUT2D eigenvalue weighted by atomic mass is 16.5. The number of para-hydroxylation sites is 1. The average molecular weight is 263 g/mol. The van der Waals surface area contributed by atoms with Crippen molar-refractivity contribution in [3.63, 3.8) is 0 Å². The standard InChI is InChI=1S/C15H21NO3/c1-2-18-12-15(17)16-10-6-7-13(16)11-19-14-8-4-3-5-9-14/h3-5,8-9,13H,2,6-7,10-12H2,1H3/t13-/m0/s1. The van der Waals surface area contributed by atoms with Crippen molar-refractivity contribution in [1.29, 1.82) is 0 Å². The van der Waals surface area contributed by atoms with E-state index in [0.29, 0.717) is 13.2 Å². The molecule has 1 saturated heterocycles. The van der Waals surface area contributed by atoms with Gasteiger partial charge in [0.2, 0.25) is 5.91 Å². The summed E-state index contributed by atoms with van der Waals surface area (Å²) in [6.07, 6.45) is 2.05. The number of hydrogen-bond acceptors (Lipinski definition) is 3. The highest BCUT2D eigenvalue weighted by Crippen LogP contribution is 2.19. The maximum atomic E-state index is 12.0. The van der Waals surface area contributed by atoms with Gasteiger partial charge in [-0.15, -0.1) is 0 Å². The van der Waals surface area contributed by atoms with Gasteiger partial charge in [-0.1, -0.05) is 18.2 Å². The maximum Gasteiger partial charge on any atom is 0.248 e. The van der Waals surface area contributed by atoms with E-state index in [1.165, 1.54) is 0 Å². The lowest BCUT2D eigenvalue weighted by molar-refractivity contribution is -0.137. The van der Waals surface area contributed by atoms with Crippen LogP contribution < -0.4 is 4.74 Å². The van der Waals surface area contributed by atoms with Crippen LogP contribution in [0.3, 0.4) is 0 Å². The molecule has 1 aliphatic rings. The van der Waals surface area contributed by atoms with E-state index in [2.05, 4.69) is 0 Å². The Balaban J connectivity index is 1.83. The minimum Gasteiger partial charge on any atom is -0.491 e. The minimum absolute atomic E-state index is 0.0704. The molecule has 0 radical (unpaired) electrons. The largest absolute Gasteiger partial charge is 0.491 e. The summed E-state index contributed by atoms with van der Waals surface area (Å²) in [6, 6.07) is 9.89. The molecule has 1 atom stereocenters. The van der Waals surface area contributed by atoms with Crippen LogP contribution in [0.2, 0.25) is 0 Å². The number of benzene rings is 1. The van der Waals surface area contributed by atoms with Gasteiger partial charge in [-0.25, -0.2) is 0 Å². The first-order valence-electron chi connectivity index (χ1n) is 6.86. The lowest BCUT2D eigenvalue weighted by atomic mass is 10.2. The highest BCUT2D eigenvalue weighted by molar-refractivity contribution is 5.78. The Morgan fingerprint density at radius 1 is 1.37 bits per heavy atom. The highest BCUT2D eigenvalue weighted by Gasteiger charge is 2.28. The third-order valence-corrected chi connectivity index (χ3v) is 3.31. The topological polar surface area (TPSA) is 38.8 Å². The van der Waals surface area contributed by atoms with E-state index in [1.54, 1.807) is 0 Å². The minimum atomic E-state index is 0.0704. The lowest BCUT2D eigenvalue weighted by Crippen LogP contribution is -2.41. The molecule has 1 fully saturated rings. The van der Waals surface area contributed by atoms with Crippen molar-refractivity contribution in [2.45, 2.75) is 25.8 Å². The van der Waals surface area contributed by atoms with Crippen LogP contribution >= 0.6 is 0 Å². The van der Waals surface area contributed by atoms with Crippen molar-refractivity contribution in [3.05, 3.63) is 30.3 Å². The van der Waals surface area contributed by atoms with E-state index in [4.69, 9.17) is 9.47 Å². The SMILES string of the molecule is CCOCC(=O)N1CCC[C@H]1COc1ccccc1. The van der Waals surface area contributed by atoms with Gasteiger partial charge < -0.3 is 14.4 Å². The molecule has 4 nitrogen and oxygen atoms in total. The monoisotopic (exact) mass is 263 g/mol. The van der Waals surface area contributed by atoms with Crippen molar-refractivity contribution < 1.29 is 14.3 Å². The van der Waals surface area contributed by atoms with Gasteiger partial charge in [-0.2, -0.15) is 0 Å². The first-order chi connectivity index (χ1) is 9.31. The second-order valence-electron chi connectivity index (χ2n) is 4.64. The molecular formula is C15H21NO3. The molecule has 1 aromatic rings. The van der Waals surface area contributed by atoms with Crippen molar-refractivity contribution in [3.8, 4) is 5.75 Å². The van der Waals surface area contributed by atoms with Crippen LogP contribution in [0, 0.1) is 0 Å². The van der Waals surface area contributed by atoms with Crippen LogP contribution in [-0.4, -0.2) is 43.2 Å². The third kappa shape index (κ3) is 3.96. The van der Waals surface area contributed by atoms with Crippen LogP contribution in [0.1, 0.15) is 19.8 Å². The normalized spacial score (nSPS) is 18.6. The zero-order chi connectivity index (χ0) is 13.5. The van der Waals surface area contributed by atoms with Gasteiger partial charge in [-0.3, -0.25) is 4.79 Å². The van der Waals surface area contributed by atoms with E-state index in [1.807, 2.05) is 42.2 Å². The van der Waals surface area contributed by atoms with Gasteiger partial charge in [-0.05, 0) is 31.9 Å². The molecule has 19 heavy (non-hydrogen) atoms. The molecule has 0 spiro atoms. The molecule has 1 heterocycles. The van der Waals surface area contributed by atoms with Crippen LogP contribution in [0.4, 0.5) is 0 Å². The first-order valence-corrected chi connectivity index (χ1v) is 6.86. The molecule has 104 valence electrons. The summed E-state index contributed by atoms with van der Waals surface area (Å²) in [6.45, 7) is 4.02. The zero-order valence-electron chi connectivity index (χ0n) is 11.4. The first kappa shape index (κ1) is 13.9. The Kier molecular flexibility index (Phi) is 5.21. The van der Waals surface area contributed by atoms with Crippen molar-refractivity contribution in [1.82, 2.24) is 4.90 Å². The van der Waals surface area contributed by atoms with Gasteiger partial charge in [0.05, 0.1) is 6.04 Å². The van der Waals surface area contributed by atoms with Crippen molar-refractivity contribution in [2.75, 3.05) is 26.4 Å². The fourth-order valence-electron chi connectivity index (χ4n) is 2.32. The Morgan fingerprint density at radius 2 is 2.16 bits per heavy atom. The molecule has 0 N–H and O–H groups in total. The fraction of sp³-hybridized carbons (Fsp3) is 0.533. The van der Waals surface area contributed by atoms with Crippen LogP contribution in [-0.2, 0) is 9.53 Å². The number of hydrogen-bond donors (Lipinski definition) is 0. The number of ether oxygens (including phenoxy) is 2. The van der Waals surface area contributed by atoms with Crippen LogP contribution in [0.25, 0.3) is 0 Å². The fourth-order valence-corrected chi connectivity index (χ4v) is 2.32. The van der Waals surface area contributed by atoms with Gasteiger partial charge in [0.25, 0.3) is 0 Å². The predicted molar refractivity (Wildman–Crippen MR) is 73.2 cm³/mol. The van der Waals surface area contributed by atoms with Crippen molar-refractivity contribution in [2.24, 2.45) is 0 Å². The zero-order valence-corrected chi connectivity index (χ0v) is 11.4. The molecule has 0 bridgehead atoms. The number of likely N-dealkylation sites (tertiary alicyclic amines) is 1. The Morgan fingerprint density at radius 3 is 2.89 bits per heavy atom. The molecule has 1 aliphatic heterocycles. The summed E-state index contributed by atoms with van der Waals surface area (Å²) >= 11 is 0. The second-order valence-corrected chi connectivity index (χ2v) is 4.64. The van der Waals surface area contributed by atoms with Gasteiger partial charge in [0.1, 0.15) is 19.0 Å². The van der Waals surface area contributed by atoms with Gasteiger partial charge in [0.15, 0.2) is 0 Å². The van der Waals surface area contributed by atoms with Gasteiger partial charge in [0, 0.05) is 13.2 Å². The van der Waals surface area contributed by atoms with Crippen LogP contribution in [0.5, 0.6) is 5.75 Å². The van der Waals surface area contributed by atoms with Crippen molar-refractivity contribution >= 4 is 5.91 Å². The van der Waals surface area contributed by atoms with Gasteiger partial charge >= 0.3 is 0 Å². The second kappa shape index (κ2) is 7.14. The molecule has 2 rings (SSSR count). The summed E-state index contributed by atoms with van der Waals surface area (Å²) in [7, 11) is 0.